The maximum absolute atomic E-state index is 10.5. The third-order valence-corrected chi connectivity index (χ3v) is 2.64. The molecule has 1 aromatic carbocycles. The molecule has 82 valence electrons. The number of phenolic OH excluding ortho intramolecular Hbond substituents is 1. The summed E-state index contributed by atoms with van der Waals surface area (Å²) in [5.41, 5.74) is 1.10. The van der Waals surface area contributed by atoms with Crippen LogP contribution in [0.5, 0.6) is 5.75 Å². The van der Waals surface area contributed by atoms with E-state index in [1.54, 1.807) is 12.1 Å². The van der Waals surface area contributed by atoms with Crippen LogP contribution in [0.2, 0.25) is 0 Å². The molecule has 0 aromatic heterocycles. The summed E-state index contributed by atoms with van der Waals surface area (Å²) < 4.78 is 0. The van der Waals surface area contributed by atoms with Crippen molar-refractivity contribution >= 4 is 18.6 Å². The van der Waals surface area contributed by atoms with E-state index in [1.807, 2.05) is 12.1 Å². The molecule has 0 bridgehead atoms. The number of carboxylic acid groups (broad SMARTS) is 1. The van der Waals surface area contributed by atoms with E-state index in [0.29, 0.717) is 6.42 Å². The fourth-order valence-electron chi connectivity index (χ4n) is 1.29. The lowest BCUT2D eigenvalue weighted by Gasteiger charge is -2.05. The maximum atomic E-state index is 10.5. The molecule has 0 aliphatic heterocycles. The summed E-state index contributed by atoms with van der Waals surface area (Å²) in [5.74, 6) is -0.625. The van der Waals surface area contributed by atoms with Crippen molar-refractivity contribution in [2.75, 3.05) is 0 Å². The topological polar surface area (TPSA) is 57.5 Å². The van der Waals surface area contributed by atoms with Gasteiger partial charge < -0.3 is 10.2 Å². The Morgan fingerprint density at radius 1 is 1.33 bits per heavy atom. The summed E-state index contributed by atoms with van der Waals surface area (Å²) in [5, 5.41) is 17.1. The largest absolute Gasteiger partial charge is 0.508 e. The number of carbonyl (C=O) groups is 1. The predicted molar refractivity (Wildman–Crippen MR) is 61.5 cm³/mol. The van der Waals surface area contributed by atoms with Crippen LogP contribution in [-0.2, 0) is 11.2 Å². The predicted octanol–water partition coefficient (Wildman–Crippen LogP) is 2.10. The molecule has 0 aliphatic carbocycles. The summed E-state index contributed by atoms with van der Waals surface area (Å²) in [6.45, 7) is 0. The molecule has 0 aliphatic rings. The SMILES string of the molecule is O=C(O)C(S)CCCc1ccc(O)cc1. The normalized spacial score (nSPS) is 12.3. The number of carboxylic acids is 1. The van der Waals surface area contributed by atoms with Crippen molar-refractivity contribution in [3.8, 4) is 5.75 Å². The molecular formula is C11H14O3S. The quantitative estimate of drug-likeness (QED) is 0.674. The van der Waals surface area contributed by atoms with Crippen LogP contribution in [0, 0.1) is 0 Å². The number of aromatic hydroxyl groups is 1. The molecule has 0 fully saturated rings. The van der Waals surface area contributed by atoms with Crippen molar-refractivity contribution in [3.63, 3.8) is 0 Å². The smallest absolute Gasteiger partial charge is 0.316 e. The van der Waals surface area contributed by atoms with Crippen LogP contribution in [0.15, 0.2) is 24.3 Å². The molecule has 0 radical (unpaired) electrons. The number of hydrogen-bond donors (Lipinski definition) is 3. The Morgan fingerprint density at radius 2 is 1.93 bits per heavy atom. The number of aryl methyl sites for hydroxylation is 1. The Morgan fingerprint density at radius 3 is 2.47 bits per heavy atom. The minimum Gasteiger partial charge on any atom is -0.508 e. The van der Waals surface area contributed by atoms with Gasteiger partial charge in [-0.25, -0.2) is 0 Å². The first-order valence-electron chi connectivity index (χ1n) is 4.78. The van der Waals surface area contributed by atoms with E-state index in [0.717, 1.165) is 18.4 Å². The molecular weight excluding hydrogens is 212 g/mol. The van der Waals surface area contributed by atoms with Crippen LogP contribution in [-0.4, -0.2) is 21.4 Å². The van der Waals surface area contributed by atoms with Crippen molar-refractivity contribution in [3.05, 3.63) is 29.8 Å². The van der Waals surface area contributed by atoms with E-state index in [1.165, 1.54) is 0 Å². The van der Waals surface area contributed by atoms with Crippen molar-refractivity contribution in [1.29, 1.82) is 0 Å². The number of hydrogen-bond acceptors (Lipinski definition) is 3. The molecule has 1 aromatic rings. The first-order valence-corrected chi connectivity index (χ1v) is 5.30. The van der Waals surface area contributed by atoms with Gasteiger partial charge in [-0.3, -0.25) is 4.79 Å². The molecule has 1 rings (SSSR count). The average Bonchev–Trinajstić information content (AvgIpc) is 2.20. The third-order valence-electron chi connectivity index (χ3n) is 2.16. The van der Waals surface area contributed by atoms with E-state index in [2.05, 4.69) is 12.6 Å². The van der Waals surface area contributed by atoms with E-state index in [9.17, 15) is 4.79 Å². The van der Waals surface area contributed by atoms with Crippen LogP contribution in [0.1, 0.15) is 18.4 Å². The molecule has 15 heavy (non-hydrogen) atoms. The molecule has 1 atom stereocenters. The molecule has 1 unspecified atom stereocenters. The molecule has 0 spiro atoms. The zero-order chi connectivity index (χ0) is 11.3. The van der Waals surface area contributed by atoms with Gasteiger partial charge in [-0.1, -0.05) is 12.1 Å². The van der Waals surface area contributed by atoms with Gasteiger partial charge in [0.05, 0.1) is 5.25 Å². The molecule has 0 heterocycles. The van der Waals surface area contributed by atoms with Crippen LogP contribution in [0.3, 0.4) is 0 Å². The number of aliphatic carboxylic acids is 1. The lowest BCUT2D eigenvalue weighted by atomic mass is 10.1. The monoisotopic (exact) mass is 226 g/mol. The number of rotatable bonds is 5. The Kier molecular flexibility index (Phi) is 4.49. The summed E-state index contributed by atoms with van der Waals surface area (Å²) >= 11 is 3.95. The van der Waals surface area contributed by atoms with Gasteiger partial charge in [-0.2, -0.15) is 12.6 Å². The number of benzene rings is 1. The van der Waals surface area contributed by atoms with Gasteiger partial charge in [0.15, 0.2) is 0 Å². The van der Waals surface area contributed by atoms with E-state index in [-0.39, 0.29) is 5.75 Å². The molecule has 0 amide bonds. The zero-order valence-corrected chi connectivity index (χ0v) is 9.15. The van der Waals surface area contributed by atoms with Crippen LogP contribution in [0.25, 0.3) is 0 Å². The Labute approximate surface area is 94.2 Å². The van der Waals surface area contributed by atoms with E-state index >= 15 is 0 Å². The fourth-order valence-corrected chi connectivity index (χ4v) is 1.47. The van der Waals surface area contributed by atoms with Crippen LogP contribution >= 0.6 is 12.6 Å². The summed E-state index contributed by atoms with van der Waals surface area (Å²) in [4.78, 5) is 10.5. The summed E-state index contributed by atoms with van der Waals surface area (Å²) in [6.07, 6.45) is 2.15. The molecule has 0 saturated heterocycles. The average molecular weight is 226 g/mol. The summed E-state index contributed by atoms with van der Waals surface area (Å²) in [7, 11) is 0. The summed E-state index contributed by atoms with van der Waals surface area (Å²) in [6, 6.07) is 6.93. The molecule has 2 N–H and O–H groups in total. The second kappa shape index (κ2) is 5.66. The second-order valence-electron chi connectivity index (χ2n) is 3.41. The third kappa shape index (κ3) is 4.25. The van der Waals surface area contributed by atoms with Gasteiger partial charge in [0, 0.05) is 0 Å². The van der Waals surface area contributed by atoms with Gasteiger partial charge in [0.1, 0.15) is 5.75 Å². The second-order valence-corrected chi connectivity index (χ2v) is 4.04. The molecule has 4 heteroatoms. The highest BCUT2D eigenvalue weighted by Crippen LogP contribution is 2.13. The minimum absolute atomic E-state index is 0.247. The van der Waals surface area contributed by atoms with Crippen molar-refractivity contribution in [1.82, 2.24) is 0 Å². The first-order chi connectivity index (χ1) is 7.09. The van der Waals surface area contributed by atoms with Gasteiger partial charge >= 0.3 is 5.97 Å². The Balaban J connectivity index is 2.32. The lowest BCUT2D eigenvalue weighted by molar-refractivity contribution is -0.136. The van der Waals surface area contributed by atoms with Crippen molar-refractivity contribution in [2.24, 2.45) is 0 Å². The fraction of sp³-hybridized carbons (Fsp3) is 0.364. The first kappa shape index (κ1) is 11.9. The lowest BCUT2D eigenvalue weighted by Crippen LogP contribution is -2.13. The molecule has 0 saturated carbocycles. The Hall–Kier alpha value is -1.16. The van der Waals surface area contributed by atoms with Crippen LogP contribution < -0.4 is 0 Å². The highest BCUT2D eigenvalue weighted by atomic mass is 32.1. The molecule has 3 nitrogen and oxygen atoms in total. The van der Waals surface area contributed by atoms with E-state index < -0.39 is 11.2 Å². The highest BCUT2D eigenvalue weighted by Gasteiger charge is 2.10. The van der Waals surface area contributed by atoms with E-state index in [4.69, 9.17) is 10.2 Å². The maximum Gasteiger partial charge on any atom is 0.316 e. The number of thiol groups is 1. The highest BCUT2D eigenvalue weighted by molar-refractivity contribution is 7.81. The number of phenols is 1. The van der Waals surface area contributed by atoms with Crippen molar-refractivity contribution < 1.29 is 15.0 Å². The zero-order valence-electron chi connectivity index (χ0n) is 8.26. The standard InChI is InChI=1S/C11H14O3S/c12-9-6-4-8(5-7-9)2-1-3-10(15)11(13)14/h4-7,10,12,15H,1-3H2,(H,13,14). The van der Waals surface area contributed by atoms with Gasteiger partial charge in [0.25, 0.3) is 0 Å². The Bertz CT molecular complexity index is 321. The van der Waals surface area contributed by atoms with Gasteiger partial charge in [-0.05, 0) is 37.0 Å². The minimum atomic E-state index is -0.871. The van der Waals surface area contributed by atoms with Crippen molar-refractivity contribution in [2.45, 2.75) is 24.5 Å². The van der Waals surface area contributed by atoms with Gasteiger partial charge in [0.2, 0.25) is 0 Å². The van der Waals surface area contributed by atoms with Gasteiger partial charge in [-0.15, -0.1) is 0 Å². The van der Waals surface area contributed by atoms with Crippen LogP contribution in [0.4, 0.5) is 0 Å².